The lowest BCUT2D eigenvalue weighted by atomic mass is 9.78. The second-order valence-electron chi connectivity index (χ2n) is 5.90. The zero-order chi connectivity index (χ0) is 18.3. The van der Waals surface area contributed by atoms with E-state index in [1.807, 2.05) is 0 Å². The maximum atomic E-state index is 11.0. The van der Waals surface area contributed by atoms with Crippen LogP contribution in [0.5, 0.6) is 0 Å². The molecule has 0 amide bonds. The first kappa shape index (κ1) is 27.6. The van der Waals surface area contributed by atoms with Gasteiger partial charge in [0.25, 0.3) is 0 Å². The van der Waals surface area contributed by atoms with Gasteiger partial charge in [0.2, 0.25) is 0 Å². The lowest BCUT2D eigenvalue weighted by Crippen LogP contribution is -2.62. The molecule has 0 spiro atoms. The van der Waals surface area contributed by atoms with Gasteiger partial charge in [-0.2, -0.15) is 0 Å². The van der Waals surface area contributed by atoms with Crippen molar-refractivity contribution in [2.75, 3.05) is 39.3 Å². The van der Waals surface area contributed by atoms with Crippen LogP contribution in [0.4, 0.5) is 0 Å². The average Bonchev–Trinajstić information content (AvgIpc) is 2.55. The smallest absolute Gasteiger partial charge is 0.377 e. The summed E-state index contributed by atoms with van der Waals surface area (Å²) in [7, 11) is -1.43. The van der Waals surface area contributed by atoms with Crippen LogP contribution in [0.3, 0.4) is 0 Å². The molecule has 2 rings (SSSR count). The summed E-state index contributed by atoms with van der Waals surface area (Å²) in [6.45, 7) is 6.55. The predicted octanol–water partition coefficient (Wildman–Crippen LogP) is -2.25. The van der Waals surface area contributed by atoms with Gasteiger partial charge in [-0.15, -0.1) is 24.8 Å². The highest BCUT2D eigenvalue weighted by molar-refractivity contribution is 6.46. The van der Waals surface area contributed by atoms with Crippen LogP contribution in [0, 0.1) is 0 Å². The summed E-state index contributed by atoms with van der Waals surface area (Å²) >= 11 is 0. The Bertz CT molecular complexity index is 433. The zero-order valence-electron chi connectivity index (χ0n) is 14.9. The van der Waals surface area contributed by atoms with Crippen LogP contribution in [-0.4, -0.2) is 107 Å². The first-order valence-corrected chi connectivity index (χ1v) is 7.99. The highest BCUT2D eigenvalue weighted by Crippen LogP contribution is 2.11. The molecule has 2 aliphatic rings. The Morgan fingerprint density at radius 1 is 1.00 bits per heavy atom. The SMILES string of the molecule is CB(O)N1CCN(B(C)O)C(C(=O)O)C1.Cl.Cl.O=C(O)C1CNCCN1. The van der Waals surface area contributed by atoms with Crippen molar-refractivity contribution < 1.29 is 29.9 Å². The molecule has 0 aliphatic carbocycles. The lowest BCUT2D eigenvalue weighted by Gasteiger charge is -2.40. The third-order valence-electron chi connectivity index (χ3n) is 4.09. The summed E-state index contributed by atoms with van der Waals surface area (Å²) < 4.78 is 0. The summed E-state index contributed by atoms with van der Waals surface area (Å²) in [5.41, 5.74) is 0. The Labute approximate surface area is 166 Å². The van der Waals surface area contributed by atoms with Crippen LogP contribution >= 0.6 is 24.8 Å². The van der Waals surface area contributed by atoms with Crippen molar-refractivity contribution in [3.8, 4) is 0 Å². The van der Waals surface area contributed by atoms with Crippen molar-refractivity contribution >= 4 is 50.9 Å². The van der Waals surface area contributed by atoms with E-state index >= 15 is 0 Å². The first-order valence-electron chi connectivity index (χ1n) is 7.99. The summed E-state index contributed by atoms with van der Waals surface area (Å²) in [6, 6.07) is -1.15. The van der Waals surface area contributed by atoms with E-state index in [1.54, 1.807) is 18.5 Å². The molecule has 0 aromatic rings. The van der Waals surface area contributed by atoms with Gasteiger partial charge >= 0.3 is 26.0 Å². The Hall–Kier alpha value is -0.590. The molecular weight excluding hydrogens is 389 g/mol. The number of rotatable bonds is 4. The van der Waals surface area contributed by atoms with Crippen molar-refractivity contribution in [3.63, 3.8) is 0 Å². The van der Waals surface area contributed by atoms with Gasteiger partial charge in [-0.1, -0.05) is 0 Å². The molecule has 0 radical (unpaired) electrons. The highest BCUT2D eigenvalue weighted by atomic mass is 35.5. The predicted molar refractivity (Wildman–Crippen MR) is 104 cm³/mol. The second kappa shape index (κ2) is 13.6. The van der Waals surface area contributed by atoms with Crippen molar-refractivity contribution in [2.24, 2.45) is 0 Å². The van der Waals surface area contributed by atoms with Gasteiger partial charge in [0.15, 0.2) is 0 Å². The van der Waals surface area contributed by atoms with Crippen molar-refractivity contribution in [1.29, 1.82) is 0 Å². The molecule has 2 aliphatic heterocycles. The van der Waals surface area contributed by atoms with Crippen LogP contribution in [0.15, 0.2) is 0 Å². The number of carbonyl (C=O) groups is 2. The van der Waals surface area contributed by atoms with E-state index in [1.165, 1.54) is 4.81 Å². The van der Waals surface area contributed by atoms with Crippen LogP contribution in [0.2, 0.25) is 13.6 Å². The number of halogens is 2. The van der Waals surface area contributed by atoms with E-state index < -0.39 is 38.1 Å². The van der Waals surface area contributed by atoms with E-state index in [2.05, 4.69) is 10.6 Å². The minimum absolute atomic E-state index is 0. The third kappa shape index (κ3) is 8.87. The van der Waals surface area contributed by atoms with Gasteiger partial charge in [-0.25, -0.2) is 0 Å². The molecule has 10 nitrogen and oxygen atoms in total. The van der Waals surface area contributed by atoms with Gasteiger partial charge < -0.3 is 40.5 Å². The number of hydrogen-bond acceptors (Lipinski definition) is 8. The van der Waals surface area contributed by atoms with Crippen molar-refractivity contribution in [2.45, 2.75) is 25.7 Å². The fourth-order valence-corrected chi connectivity index (χ4v) is 2.65. The first-order chi connectivity index (χ1) is 11.2. The Balaban J connectivity index is 0. The standard InChI is InChI=1S/C7H16B2N2O4.C5H10N2O2.2ClH/c1-8(14)10-3-4-11(9(2)15)6(5-10)7(12)13;8-5(9)4-3-6-1-2-7-4;;/h6,14-15H,3-5H2,1-2H3,(H,12,13);4,6-7H,1-3H2,(H,8,9);2*1H. The van der Waals surface area contributed by atoms with E-state index in [0.29, 0.717) is 19.6 Å². The quantitative estimate of drug-likeness (QED) is 0.278. The summed E-state index contributed by atoms with van der Waals surface area (Å²) in [5.74, 6) is -1.75. The molecule has 14 heteroatoms. The van der Waals surface area contributed by atoms with Gasteiger partial charge in [0.05, 0.1) is 0 Å². The largest absolute Gasteiger partial charge is 0.480 e. The van der Waals surface area contributed by atoms with Gasteiger partial charge in [-0.3, -0.25) is 9.59 Å². The number of piperazine rings is 2. The van der Waals surface area contributed by atoms with E-state index in [-0.39, 0.29) is 31.4 Å². The van der Waals surface area contributed by atoms with Crippen LogP contribution in [0.25, 0.3) is 0 Å². The number of nitrogens with one attached hydrogen (secondary N) is 2. The Morgan fingerprint density at radius 2 is 1.62 bits per heavy atom. The fourth-order valence-electron chi connectivity index (χ4n) is 2.65. The van der Waals surface area contributed by atoms with Crippen LogP contribution in [-0.2, 0) is 9.59 Å². The second-order valence-corrected chi connectivity index (χ2v) is 5.90. The lowest BCUT2D eigenvalue weighted by molar-refractivity contribution is -0.143. The van der Waals surface area contributed by atoms with Crippen LogP contribution in [0.1, 0.15) is 0 Å². The molecule has 2 heterocycles. The minimum atomic E-state index is -0.971. The molecular formula is C12H28B2Cl2N4O6. The average molecular weight is 417 g/mol. The highest BCUT2D eigenvalue weighted by Gasteiger charge is 2.37. The van der Waals surface area contributed by atoms with Crippen molar-refractivity contribution in [3.05, 3.63) is 0 Å². The maximum absolute atomic E-state index is 11.0. The monoisotopic (exact) mass is 416 g/mol. The topological polar surface area (TPSA) is 146 Å². The van der Waals surface area contributed by atoms with Crippen LogP contribution < -0.4 is 10.6 Å². The molecule has 2 fully saturated rings. The zero-order valence-corrected chi connectivity index (χ0v) is 16.5. The maximum Gasteiger partial charge on any atom is 0.377 e. The molecule has 2 unspecified atom stereocenters. The number of aliphatic carboxylic acids is 2. The van der Waals surface area contributed by atoms with Gasteiger partial charge in [0, 0.05) is 39.3 Å². The molecule has 6 N–H and O–H groups in total. The van der Waals surface area contributed by atoms with E-state index in [4.69, 9.17) is 10.2 Å². The molecule has 0 saturated carbocycles. The molecule has 2 saturated heterocycles. The van der Waals surface area contributed by atoms with Gasteiger partial charge in [0.1, 0.15) is 12.1 Å². The number of carboxylic acid groups (broad SMARTS) is 2. The Morgan fingerprint density at radius 3 is 1.96 bits per heavy atom. The number of carboxylic acids is 2. The fraction of sp³-hybridized carbons (Fsp3) is 0.833. The normalized spacial score (nSPS) is 23.4. The molecule has 0 bridgehead atoms. The molecule has 152 valence electrons. The summed E-state index contributed by atoms with van der Waals surface area (Å²) in [5, 5.41) is 42.0. The van der Waals surface area contributed by atoms with E-state index in [9.17, 15) is 19.6 Å². The molecule has 0 aromatic carbocycles. The number of nitrogens with zero attached hydrogens (tertiary/aromatic N) is 2. The molecule has 0 aromatic heterocycles. The minimum Gasteiger partial charge on any atom is -0.480 e. The summed E-state index contributed by atoms with van der Waals surface area (Å²) in [6.07, 6.45) is 0. The third-order valence-corrected chi connectivity index (χ3v) is 4.09. The summed E-state index contributed by atoms with van der Waals surface area (Å²) in [4.78, 5) is 24.4. The number of hydrogen-bond donors (Lipinski definition) is 6. The van der Waals surface area contributed by atoms with Gasteiger partial charge in [-0.05, 0) is 13.6 Å². The molecule has 26 heavy (non-hydrogen) atoms. The Kier molecular flexibility index (Phi) is 14.4. The molecule has 2 atom stereocenters. The van der Waals surface area contributed by atoms with Crippen molar-refractivity contribution in [1.82, 2.24) is 20.3 Å². The van der Waals surface area contributed by atoms with E-state index in [0.717, 1.165) is 13.1 Å².